The zero-order valence-electron chi connectivity index (χ0n) is 9.23. The number of rotatable bonds is 4. The Balaban J connectivity index is 3.75. The number of hydrogen-bond donors (Lipinski definition) is 0. The lowest BCUT2D eigenvalue weighted by atomic mass is 10.0. The topological polar surface area (TPSA) is 18.5 Å². The summed E-state index contributed by atoms with van der Waals surface area (Å²) in [7, 11) is 0. The van der Waals surface area contributed by atoms with Gasteiger partial charge in [-0.1, -0.05) is 13.3 Å². The zero-order chi connectivity index (χ0) is 9.83. The molecule has 0 aliphatic rings. The highest BCUT2D eigenvalue weighted by Gasteiger charge is 2.22. The summed E-state index contributed by atoms with van der Waals surface area (Å²) in [6.07, 6.45) is 2.13. The fourth-order valence-corrected chi connectivity index (χ4v) is 0.882. The molecule has 0 aliphatic carbocycles. The van der Waals surface area contributed by atoms with Crippen molar-refractivity contribution in [1.82, 2.24) is 0 Å². The lowest BCUT2D eigenvalue weighted by Crippen LogP contribution is -2.30. The van der Waals surface area contributed by atoms with Gasteiger partial charge in [0.2, 0.25) is 0 Å². The molecule has 0 atom stereocenters. The summed E-state index contributed by atoms with van der Waals surface area (Å²) in [6.45, 7) is 12.2. The van der Waals surface area contributed by atoms with E-state index in [1.54, 1.807) is 0 Å². The smallest absolute Gasteiger partial charge is 0.0980 e. The predicted octanol–water partition coefficient (Wildman–Crippen LogP) is 3.31. The van der Waals surface area contributed by atoms with E-state index in [4.69, 9.17) is 9.78 Å². The van der Waals surface area contributed by atoms with Crippen LogP contribution in [0, 0.1) is 0 Å². The van der Waals surface area contributed by atoms with E-state index in [2.05, 4.69) is 6.92 Å². The molecular formula is C10H22O2. The molecular weight excluding hydrogens is 152 g/mol. The maximum Gasteiger partial charge on any atom is 0.0980 e. The second-order valence-corrected chi connectivity index (χ2v) is 4.79. The minimum absolute atomic E-state index is 0.165. The standard InChI is InChI=1S/C10H22O2/c1-7-8-10(5,6)12-11-9(2,3)4/h7-8H2,1-6H3. The molecule has 0 heterocycles. The molecule has 2 nitrogen and oxygen atoms in total. The van der Waals surface area contributed by atoms with Gasteiger partial charge in [-0.2, -0.15) is 0 Å². The highest BCUT2D eigenvalue weighted by molar-refractivity contribution is 4.65. The van der Waals surface area contributed by atoms with Crippen LogP contribution in [0.1, 0.15) is 54.4 Å². The van der Waals surface area contributed by atoms with Crippen LogP contribution in [0.3, 0.4) is 0 Å². The summed E-state index contributed by atoms with van der Waals surface area (Å²) in [6, 6.07) is 0. The van der Waals surface area contributed by atoms with Gasteiger partial charge in [0.25, 0.3) is 0 Å². The minimum atomic E-state index is -0.217. The molecule has 0 spiro atoms. The van der Waals surface area contributed by atoms with Gasteiger partial charge < -0.3 is 0 Å². The highest BCUT2D eigenvalue weighted by Crippen LogP contribution is 2.20. The normalized spacial score (nSPS) is 13.5. The molecule has 0 aromatic carbocycles. The molecule has 2 heteroatoms. The molecule has 0 N–H and O–H groups in total. The largest absolute Gasteiger partial charge is 0.230 e. The van der Waals surface area contributed by atoms with Crippen LogP contribution >= 0.6 is 0 Å². The van der Waals surface area contributed by atoms with E-state index in [0.29, 0.717) is 0 Å². The molecule has 0 fully saturated rings. The second kappa shape index (κ2) is 4.24. The van der Waals surface area contributed by atoms with Gasteiger partial charge in [0.15, 0.2) is 0 Å². The Hall–Kier alpha value is -0.0800. The second-order valence-electron chi connectivity index (χ2n) is 4.79. The summed E-state index contributed by atoms with van der Waals surface area (Å²) < 4.78 is 0. The van der Waals surface area contributed by atoms with Crippen LogP contribution in [-0.4, -0.2) is 11.2 Å². The van der Waals surface area contributed by atoms with Crippen LogP contribution in [0.4, 0.5) is 0 Å². The van der Waals surface area contributed by atoms with Gasteiger partial charge in [-0.15, -0.1) is 0 Å². The lowest BCUT2D eigenvalue weighted by molar-refractivity contribution is -0.398. The van der Waals surface area contributed by atoms with E-state index in [9.17, 15) is 0 Å². The summed E-state index contributed by atoms with van der Waals surface area (Å²) >= 11 is 0. The molecule has 12 heavy (non-hydrogen) atoms. The lowest BCUT2D eigenvalue weighted by Gasteiger charge is -2.28. The average Bonchev–Trinajstić information content (AvgIpc) is 1.83. The van der Waals surface area contributed by atoms with Crippen molar-refractivity contribution in [2.75, 3.05) is 0 Å². The van der Waals surface area contributed by atoms with Gasteiger partial charge in [0.1, 0.15) is 0 Å². The summed E-state index contributed by atoms with van der Waals surface area (Å²) in [4.78, 5) is 10.6. The van der Waals surface area contributed by atoms with Gasteiger partial charge >= 0.3 is 0 Å². The average molecular weight is 174 g/mol. The minimum Gasteiger partial charge on any atom is -0.230 e. The van der Waals surface area contributed by atoms with Crippen molar-refractivity contribution >= 4 is 0 Å². The fraction of sp³-hybridized carbons (Fsp3) is 1.00. The predicted molar refractivity (Wildman–Crippen MR) is 50.9 cm³/mol. The van der Waals surface area contributed by atoms with E-state index < -0.39 is 0 Å². The molecule has 0 unspecified atom stereocenters. The molecule has 0 radical (unpaired) electrons. The third-order valence-electron chi connectivity index (χ3n) is 1.37. The molecule has 0 aromatic heterocycles. The Morgan fingerprint density at radius 1 is 0.917 bits per heavy atom. The molecule has 74 valence electrons. The van der Waals surface area contributed by atoms with Crippen molar-refractivity contribution in [3.8, 4) is 0 Å². The molecule has 0 rings (SSSR count). The Kier molecular flexibility index (Phi) is 4.21. The third-order valence-corrected chi connectivity index (χ3v) is 1.37. The van der Waals surface area contributed by atoms with Gasteiger partial charge in [0, 0.05) is 0 Å². The van der Waals surface area contributed by atoms with Crippen molar-refractivity contribution in [2.45, 2.75) is 65.6 Å². The van der Waals surface area contributed by atoms with E-state index in [0.717, 1.165) is 12.8 Å². The Morgan fingerprint density at radius 3 is 1.75 bits per heavy atom. The molecule has 0 saturated heterocycles. The van der Waals surface area contributed by atoms with Gasteiger partial charge in [-0.3, -0.25) is 0 Å². The first-order valence-corrected chi connectivity index (χ1v) is 4.64. The van der Waals surface area contributed by atoms with Crippen LogP contribution in [0.5, 0.6) is 0 Å². The van der Waals surface area contributed by atoms with Crippen molar-refractivity contribution in [3.05, 3.63) is 0 Å². The summed E-state index contributed by atoms with van der Waals surface area (Å²) in [5.41, 5.74) is -0.382. The van der Waals surface area contributed by atoms with E-state index in [1.165, 1.54) is 0 Å². The van der Waals surface area contributed by atoms with Crippen molar-refractivity contribution < 1.29 is 9.78 Å². The molecule has 0 aromatic rings. The Bertz CT molecular complexity index is 122. The van der Waals surface area contributed by atoms with Crippen LogP contribution in [0.25, 0.3) is 0 Å². The first-order valence-electron chi connectivity index (χ1n) is 4.64. The maximum absolute atomic E-state index is 5.33. The van der Waals surface area contributed by atoms with Crippen LogP contribution in [0.15, 0.2) is 0 Å². The monoisotopic (exact) mass is 174 g/mol. The van der Waals surface area contributed by atoms with E-state index in [-0.39, 0.29) is 11.2 Å². The van der Waals surface area contributed by atoms with Crippen molar-refractivity contribution in [1.29, 1.82) is 0 Å². The Labute approximate surface area is 76.2 Å². The van der Waals surface area contributed by atoms with Crippen molar-refractivity contribution in [3.63, 3.8) is 0 Å². The van der Waals surface area contributed by atoms with Gasteiger partial charge in [-0.25, -0.2) is 9.78 Å². The Morgan fingerprint density at radius 2 is 1.42 bits per heavy atom. The third kappa shape index (κ3) is 6.62. The number of hydrogen-bond acceptors (Lipinski definition) is 2. The van der Waals surface area contributed by atoms with Crippen molar-refractivity contribution in [2.24, 2.45) is 0 Å². The SMILES string of the molecule is CCCC(C)(C)OOC(C)(C)C. The van der Waals surface area contributed by atoms with Gasteiger partial charge in [0.05, 0.1) is 11.2 Å². The first kappa shape index (κ1) is 11.9. The molecule has 0 saturated carbocycles. The van der Waals surface area contributed by atoms with Gasteiger partial charge in [-0.05, 0) is 41.0 Å². The molecule has 0 aliphatic heterocycles. The van der Waals surface area contributed by atoms with E-state index >= 15 is 0 Å². The molecule has 0 bridgehead atoms. The quantitative estimate of drug-likeness (QED) is 0.481. The maximum atomic E-state index is 5.33. The highest BCUT2D eigenvalue weighted by atomic mass is 17.2. The zero-order valence-corrected chi connectivity index (χ0v) is 9.23. The van der Waals surface area contributed by atoms with Crippen LogP contribution in [-0.2, 0) is 9.78 Å². The summed E-state index contributed by atoms with van der Waals surface area (Å²) in [5, 5.41) is 0. The summed E-state index contributed by atoms with van der Waals surface area (Å²) in [5.74, 6) is 0. The molecule has 0 amide bonds. The van der Waals surface area contributed by atoms with Crippen LogP contribution in [0.2, 0.25) is 0 Å². The first-order chi connectivity index (χ1) is 5.27. The van der Waals surface area contributed by atoms with Crippen LogP contribution < -0.4 is 0 Å². The fourth-order valence-electron chi connectivity index (χ4n) is 0.882. The van der Waals surface area contributed by atoms with E-state index in [1.807, 2.05) is 34.6 Å².